The van der Waals surface area contributed by atoms with Crippen LogP contribution in [-0.2, 0) is 22.4 Å². The molecular formula is C16H17NO3. The van der Waals surface area contributed by atoms with Crippen molar-refractivity contribution in [3.8, 4) is 11.5 Å². The van der Waals surface area contributed by atoms with Crippen LogP contribution >= 0.6 is 0 Å². The average molecular weight is 271 g/mol. The molecule has 0 spiro atoms. The van der Waals surface area contributed by atoms with E-state index in [4.69, 9.17) is 9.15 Å². The van der Waals surface area contributed by atoms with Crippen LogP contribution in [0.3, 0.4) is 0 Å². The Balaban J connectivity index is 1.81. The third kappa shape index (κ3) is 2.46. The molecule has 4 heteroatoms. The topological polar surface area (TPSA) is 52.3 Å². The minimum atomic E-state index is -0.129. The number of carbonyl (C=O) groups excluding carboxylic acids is 1. The molecule has 3 rings (SSSR count). The summed E-state index contributed by atoms with van der Waals surface area (Å²) in [6.07, 6.45) is 2.15. The lowest BCUT2D eigenvalue weighted by molar-refractivity contribution is -0.148. The van der Waals surface area contributed by atoms with Gasteiger partial charge in [-0.25, -0.2) is 4.98 Å². The van der Waals surface area contributed by atoms with Crippen molar-refractivity contribution in [2.75, 3.05) is 6.61 Å². The van der Waals surface area contributed by atoms with Gasteiger partial charge in [0.2, 0.25) is 5.89 Å². The van der Waals surface area contributed by atoms with E-state index < -0.39 is 0 Å². The number of rotatable bonds is 3. The Bertz CT molecular complexity index is 603. The smallest absolute Gasteiger partial charge is 0.309 e. The van der Waals surface area contributed by atoms with Crippen LogP contribution in [0.25, 0.3) is 11.5 Å². The SMILES string of the molecule is CCOC(=O)C1CCc2nc(-c3ccccc3)oc2C1. The van der Waals surface area contributed by atoms with Crippen LogP contribution in [0.4, 0.5) is 0 Å². The molecule has 1 heterocycles. The molecular weight excluding hydrogens is 254 g/mol. The molecule has 1 aromatic heterocycles. The number of hydrogen-bond donors (Lipinski definition) is 0. The van der Waals surface area contributed by atoms with E-state index in [1.54, 1.807) is 0 Å². The Morgan fingerprint density at radius 2 is 2.20 bits per heavy atom. The van der Waals surface area contributed by atoms with Crippen LogP contribution in [0, 0.1) is 5.92 Å². The van der Waals surface area contributed by atoms with E-state index in [-0.39, 0.29) is 11.9 Å². The molecule has 0 amide bonds. The van der Waals surface area contributed by atoms with E-state index in [0.29, 0.717) is 18.9 Å². The third-order valence-electron chi connectivity index (χ3n) is 3.58. The van der Waals surface area contributed by atoms with Gasteiger partial charge in [0.25, 0.3) is 0 Å². The molecule has 1 atom stereocenters. The number of ether oxygens (including phenoxy) is 1. The fraction of sp³-hybridized carbons (Fsp3) is 0.375. The van der Waals surface area contributed by atoms with Gasteiger partial charge < -0.3 is 9.15 Å². The maximum atomic E-state index is 11.8. The van der Waals surface area contributed by atoms with E-state index in [2.05, 4.69) is 4.98 Å². The second-order valence-electron chi connectivity index (χ2n) is 4.95. The number of aryl methyl sites for hydroxylation is 1. The Labute approximate surface area is 117 Å². The average Bonchev–Trinajstić information content (AvgIpc) is 2.91. The monoisotopic (exact) mass is 271 g/mol. The lowest BCUT2D eigenvalue weighted by Crippen LogP contribution is -2.24. The number of nitrogens with zero attached hydrogens (tertiary/aromatic N) is 1. The van der Waals surface area contributed by atoms with Gasteiger partial charge >= 0.3 is 5.97 Å². The van der Waals surface area contributed by atoms with Crippen molar-refractivity contribution >= 4 is 5.97 Å². The zero-order valence-electron chi connectivity index (χ0n) is 11.5. The van der Waals surface area contributed by atoms with Gasteiger partial charge in [0.1, 0.15) is 5.76 Å². The van der Waals surface area contributed by atoms with Gasteiger partial charge in [-0.05, 0) is 31.9 Å². The third-order valence-corrected chi connectivity index (χ3v) is 3.58. The van der Waals surface area contributed by atoms with Crippen molar-refractivity contribution in [3.63, 3.8) is 0 Å². The van der Waals surface area contributed by atoms with E-state index in [9.17, 15) is 4.79 Å². The Morgan fingerprint density at radius 3 is 2.95 bits per heavy atom. The molecule has 0 bridgehead atoms. The van der Waals surface area contributed by atoms with Crippen LogP contribution in [-0.4, -0.2) is 17.6 Å². The standard InChI is InChI=1S/C16H17NO3/c1-2-19-16(18)12-8-9-13-14(10-12)20-15(17-13)11-6-4-3-5-7-11/h3-7,12H,2,8-10H2,1H3. The van der Waals surface area contributed by atoms with Crippen LogP contribution in [0.5, 0.6) is 0 Å². The number of esters is 1. The van der Waals surface area contributed by atoms with Crippen LogP contribution in [0.1, 0.15) is 24.8 Å². The molecule has 0 N–H and O–H groups in total. The highest BCUT2D eigenvalue weighted by molar-refractivity contribution is 5.73. The van der Waals surface area contributed by atoms with Gasteiger partial charge in [-0.3, -0.25) is 4.79 Å². The predicted molar refractivity (Wildman–Crippen MR) is 74.1 cm³/mol. The van der Waals surface area contributed by atoms with Crippen molar-refractivity contribution in [1.29, 1.82) is 0 Å². The number of hydrogen-bond acceptors (Lipinski definition) is 4. The molecule has 20 heavy (non-hydrogen) atoms. The molecule has 104 valence electrons. The molecule has 0 radical (unpaired) electrons. The highest BCUT2D eigenvalue weighted by Gasteiger charge is 2.29. The minimum Gasteiger partial charge on any atom is -0.466 e. The summed E-state index contributed by atoms with van der Waals surface area (Å²) in [5.74, 6) is 1.24. The molecule has 0 aliphatic heterocycles. The predicted octanol–water partition coefficient (Wildman–Crippen LogP) is 3.01. The first kappa shape index (κ1) is 12.9. The van der Waals surface area contributed by atoms with Gasteiger partial charge in [-0.15, -0.1) is 0 Å². The Morgan fingerprint density at radius 1 is 1.40 bits per heavy atom. The number of fused-ring (bicyclic) bond motifs is 1. The first-order valence-electron chi connectivity index (χ1n) is 6.98. The number of carbonyl (C=O) groups is 1. The summed E-state index contributed by atoms with van der Waals surface area (Å²) >= 11 is 0. The van der Waals surface area contributed by atoms with Gasteiger partial charge in [0.15, 0.2) is 0 Å². The fourth-order valence-electron chi connectivity index (χ4n) is 2.54. The highest BCUT2D eigenvalue weighted by Crippen LogP contribution is 2.30. The minimum absolute atomic E-state index is 0.0981. The van der Waals surface area contributed by atoms with Gasteiger partial charge in [-0.2, -0.15) is 0 Å². The summed E-state index contributed by atoms with van der Waals surface area (Å²) in [5, 5.41) is 0. The largest absolute Gasteiger partial charge is 0.466 e. The van der Waals surface area contributed by atoms with Gasteiger partial charge in [0, 0.05) is 12.0 Å². The fourth-order valence-corrected chi connectivity index (χ4v) is 2.54. The zero-order chi connectivity index (χ0) is 13.9. The summed E-state index contributed by atoms with van der Waals surface area (Å²) in [7, 11) is 0. The quantitative estimate of drug-likeness (QED) is 0.805. The van der Waals surface area contributed by atoms with Gasteiger partial charge in [0.05, 0.1) is 18.2 Å². The Kier molecular flexibility index (Phi) is 3.54. The molecule has 1 aliphatic carbocycles. The molecule has 0 saturated heterocycles. The molecule has 1 aliphatic rings. The Hall–Kier alpha value is -2.10. The van der Waals surface area contributed by atoms with Crippen molar-refractivity contribution in [3.05, 3.63) is 41.8 Å². The van der Waals surface area contributed by atoms with E-state index in [1.165, 1.54) is 0 Å². The second kappa shape index (κ2) is 5.49. The molecule has 1 aromatic carbocycles. The maximum absolute atomic E-state index is 11.8. The van der Waals surface area contributed by atoms with Crippen molar-refractivity contribution in [1.82, 2.24) is 4.98 Å². The molecule has 2 aromatic rings. The summed E-state index contributed by atoms with van der Waals surface area (Å²) in [4.78, 5) is 16.3. The van der Waals surface area contributed by atoms with E-state index >= 15 is 0 Å². The lowest BCUT2D eigenvalue weighted by atomic mass is 9.90. The number of oxazole rings is 1. The summed E-state index contributed by atoms with van der Waals surface area (Å²) in [6, 6.07) is 9.82. The molecule has 4 nitrogen and oxygen atoms in total. The molecule has 0 fully saturated rings. The van der Waals surface area contributed by atoms with Crippen LogP contribution in [0.15, 0.2) is 34.7 Å². The van der Waals surface area contributed by atoms with E-state index in [1.807, 2.05) is 37.3 Å². The van der Waals surface area contributed by atoms with E-state index in [0.717, 1.165) is 29.9 Å². The number of benzene rings is 1. The first-order chi connectivity index (χ1) is 9.78. The molecule has 1 unspecified atom stereocenters. The van der Waals surface area contributed by atoms with Crippen LogP contribution < -0.4 is 0 Å². The van der Waals surface area contributed by atoms with Crippen LogP contribution in [0.2, 0.25) is 0 Å². The van der Waals surface area contributed by atoms with Crippen molar-refractivity contribution in [2.45, 2.75) is 26.2 Å². The van der Waals surface area contributed by atoms with Crippen molar-refractivity contribution < 1.29 is 13.9 Å². The number of aromatic nitrogens is 1. The maximum Gasteiger partial charge on any atom is 0.309 e. The normalized spacial score (nSPS) is 17.6. The zero-order valence-corrected chi connectivity index (χ0v) is 11.5. The lowest BCUT2D eigenvalue weighted by Gasteiger charge is -2.18. The molecule has 0 saturated carbocycles. The summed E-state index contributed by atoms with van der Waals surface area (Å²) in [6.45, 7) is 2.25. The second-order valence-corrected chi connectivity index (χ2v) is 4.95. The highest BCUT2D eigenvalue weighted by atomic mass is 16.5. The van der Waals surface area contributed by atoms with Crippen molar-refractivity contribution in [2.24, 2.45) is 5.92 Å². The van der Waals surface area contributed by atoms with Gasteiger partial charge in [-0.1, -0.05) is 18.2 Å². The first-order valence-corrected chi connectivity index (χ1v) is 6.98. The summed E-state index contributed by atoms with van der Waals surface area (Å²) < 4.78 is 10.9. The summed E-state index contributed by atoms with van der Waals surface area (Å²) in [5.41, 5.74) is 1.94.